The molecule has 0 unspecified atom stereocenters. The third-order valence-electron chi connectivity index (χ3n) is 3.03. The smallest absolute Gasteiger partial charge is 0.657 e. The number of aromatic amines is 1. The maximum Gasteiger partial charge on any atom is 1.00 e. The summed E-state index contributed by atoms with van der Waals surface area (Å²) in [4.78, 5) is 3.42. The fourth-order valence-electron chi connectivity index (χ4n) is 2.31. The number of nitrogens with one attached hydrogen (secondary N) is 1. The van der Waals surface area contributed by atoms with Gasteiger partial charge in [0.15, 0.2) is 0 Å². The quantitative estimate of drug-likeness (QED) is 0.635. The number of nitrogen functional groups attached to an aromatic ring is 1. The molecule has 1 aliphatic rings. The molecule has 1 aromatic heterocycles. The summed E-state index contributed by atoms with van der Waals surface area (Å²) in [5.41, 5.74) is 10.4. The Morgan fingerprint density at radius 3 is 3.06 bits per heavy atom. The van der Waals surface area contributed by atoms with E-state index in [1.807, 2.05) is 12.1 Å². The van der Waals surface area contributed by atoms with Crippen molar-refractivity contribution in [2.24, 2.45) is 0 Å². The van der Waals surface area contributed by atoms with Gasteiger partial charge in [0, 0.05) is 16.6 Å². The average Bonchev–Trinajstić information content (AvgIpc) is 2.42. The monoisotopic (exact) mass is 285 g/mol. The average molecular weight is 286 g/mol. The Morgan fingerprint density at radius 2 is 2.19 bits per heavy atom. The maximum absolute atomic E-state index is 5.77. The van der Waals surface area contributed by atoms with Crippen LogP contribution < -0.4 is 63.9 Å². The van der Waals surface area contributed by atoms with Crippen LogP contribution in [0, 0.1) is 0 Å². The third kappa shape index (κ3) is 2.29. The minimum Gasteiger partial charge on any atom is -0.657 e. The van der Waals surface area contributed by atoms with Gasteiger partial charge < -0.3 is 16.0 Å². The molecule has 1 aromatic carbocycles. The molecule has 4 heteroatoms. The number of nitrogens with two attached hydrogens (primary N) is 1. The number of rotatable bonds is 0. The molecule has 0 radical (unpaired) electrons. The molecule has 0 spiro atoms. The number of nitrogens with zero attached hydrogens (tertiary/aromatic N) is 1. The molecule has 0 saturated carbocycles. The van der Waals surface area contributed by atoms with Crippen LogP contribution in [0.4, 0.5) is 5.69 Å². The normalized spacial score (nSPS) is 15.2. The van der Waals surface area contributed by atoms with Crippen LogP contribution in [0.2, 0.25) is 0 Å². The van der Waals surface area contributed by atoms with E-state index in [9.17, 15) is 0 Å². The van der Waals surface area contributed by atoms with Crippen LogP contribution in [0.3, 0.4) is 0 Å². The number of anilines is 1. The van der Waals surface area contributed by atoms with Crippen LogP contribution in [0.25, 0.3) is 16.2 Å². The molecular weight excluding hydrogens is 272 g/mol. The van der Waals surface area contributed by atoms with Gasteiger partial charge in [-0.25, -0.2) is 0 Å². The van der Waals surface area contributed by atoms with Crippen LogP contribution in [0.15, 0.2) is 18.2 Å². The van der Waals surface area contributed by atoms with Crippen molar-refractivity contribution in [3.63, 3.8) is 0 Å². The zero-order chi connectivity index (χ0) is 10.3. The van der Waals surface area contributed by atoms with Crippen LogP contribution in [0.5, 0.6) is 0 Å². The molecule has 0 saturated heterocycles. The van der Waals surface area contributed by atoms with E-state index < -0.39 is 0 Å². The first kappa shape index (κ1) is 12.8. The number of aromatic nitrogens is 1. The first-order valence-corrected chi connectivity index (χ1v) is 5.37. The minimum absolute atomic E-state index is 0. The molecule has 0 atom stereocenters. The second kappa shape index (κ2) is 5.31. The predicted octanol–water partition coefficient (Wildman–Crippen LogP) is -0.426. The van der Waals surface area contributed by atoms with Crippen LogP contribution in [-0.2, 0) is 13.0 Å². The molecule has 0 bridgehead atoms. The van der Waals surface area contributed by atoms with Crippen molar-refractivity contribution in [2.45, 2.75) is 19.4 Å². The van der Waals surface area contributed by atoms with E-state index in [4.69, 9.17) is 5.73 Å². The summed E-state index contributed by atoms with van der Waals surface area (Å²) in [5.74, 6) is 0. The fraction of sp³-hybridized carbons (Fsp3) is 0.333. The summed E-state index contributed by atoms with van der Waals surface area (Å²) >= 11 is 0. The van der Waals surface area contributed by atoms with Gasteiger partial charge in [0.25, 0.3) is 0 Å². The molecule has 3 N–H and O–H groups in total. The number of hydrogen-bond acceptors (Lipinski definition) is 1. The van der Waals surface area contributed by atoms with Gasteiger partial charge in [-0.1, -0.05) is 12.5 Å². The topological polar surface area (TPSA) is 55.9 Å². The summed E-state index contributed by atoms with van der Waals surface area (Å²) in [6, 6.07) is 6.09. The van der Waals surface area contributed by atoms with Crippen molar-refractivity contribution in [2.75, 3.05) is 12.3 Å². The first-order chi connectivity index (χ1) is 7.34. The van der Waals surface area contributed by atoms with E-state index in [2.05, 4.69) is 16.4 Å². The molecule has 16 heavy (non-hydrogen) atoms. The van der Waals surface area contributed by atoms with Gasteiger partial charge in [-0.15, -0.1) is 13.1 Å². The number of H-pyrrole nitrogens is 1. The van der Waals surface area contributed by atoms with E-state index >= 15 is 0 Å². The number of benzene rings is 1. The van der Waals surface area contributed by atoms with Gasteiger partial charge in [0.05, 0.1) is 0 Å². The summed E-state index contributed by atoms with van der Waals surface area (Å²) in [5, 5.41) is 5.78. The van der Waals surface area contributed by atoms with Crippen molar-refractivity contribution in [3.8, 4) is 0 Å². The van der Waals surface area contributed by atoms with E-state index in [1.54, 1.807) is 0 Å². The Kier molecular flexibility index (Phi) is 4.24. The second-order valence-corrected chi connectivity index (χ2v) is 4.10. The van der Waals surface area contributed by atoms with Crippen molar-refractivity contribution in [3.05, 3.63) is 34.8 Å². The van der Waals surface area contributed by atoms with Crippen molar-refractivity contribution >= 4 is 16.6 Å². The second-order valence-electron chi connectivity index (χ2n) is 4.10. The fourth-order valence-corrected chi connectivity index (χ4v) is 2.31. The Labute approximate surface area is 144 Å². The van der Waals surface area contributed by atoms with Crippen molar-refractivity contribution in [1.82, 2.24) is 4.98 Å². The number of fused-ring (bicyclic) bond motifs is 3. The van der Waals surface area contributed by atoms with Gasteiger partial charge in [0.1, 0.15) is 0 Å². The minimum atomic E-state index is 0. The van der Waals surface area contributed by atoms with Crippen LogP contribution in [-0.4, -0.2) is 11.5 Å². The van der Waals surface area contributed by atoms with Gasteiger partial charge in [-0.2, -0.15) is 0 Å². The SMILES string of the molecule is Nc1ccc2c3c([nH]c2c1)C[N-]CCC3.[Rb+]. The van der Waals surface area contributed by atoms with E-state index in [0.717, 1.165) is 37.1 Å². The van der Waals surface area contributed by atoms with Crippen molar-refractivity contribution < 1.29 is 58.2 Å². The summed E-state index contributed by atoms with van der Waals surface area (Å²) in [6.07, 6.45) is 2.28. The molecule has 0 aliphatic carbocycles. The molecule has 0 fully saturated rings. The first-order valence-electron chi connectivity index (χ1n) is 5.37. The Hall–Kier alpha value is 0.325. The van der Waals surface area contributed by atoms with Crippen molar-refractivity contribution in [1.29, 1.82) is 0 Å². The van der Waals surface area contributed by atoms with E-state index in [1.165, 1.54) is 16.6 Å². The molecule has 3 rings (SSSR count). The molecule has 0 amide bonds. The third-order valence-corrected chi connectivity index (χ3v) is 3.03. The van der Waals surface area contributed by atoms with Crippen LogP contribution >= 0.6 is 0 Å². The van der Waals surface area contributed by atoms with Gasteiger partial charge in [-0.05, 0) is 29.8 Å². The summed E-state index contributed by atoms with van der Waals surface area (Å²) in [6.45, 7) is 1.81. The Bertz CT molecular complexity index is 504. The number of aryl methyl sites for hydroxylation is 1. The van der Waals surface area contributed by atoms with Crippen LogP contribution in [0.1, 0.15) is 17.7 Å². The van der Waals surface area contributed by atoms with E-state index in [-0.39, 0.29) is 58.2 Å². The summed E-state index contributed by atoms with van der Waals surface area (Å²) < 4.78 is 0. The largest absolute Gasteiger partial charge is 1.00 e. The summed E-state index contributed by atoms with van der Waals surface area (Å²) in [7, 11) is 0. The molecule has 78 valence electrons. The Balaban J connectivity index is 0.000000963. The molecule has 1 aliphatic heterocycles. The number of hydrogen-bond donors (Lipinski definition) is 2. The molecular formula is C12H14N3Rb. The standard InChI is InChI=1S/C12H14N3.Rb/c13-8-3-4-10-9-2-1-5-14-7-12(9)15-11(10)6-8;/h3-4,6,15H,1-2,5,7,13H2;/q-1;+1. The molecule has 2 heterocycles. The predicted molar refractivity (Wildman–Crippen MR) is 63.0 cm³/mol. The maximum atomic E-state index is 5.77. The van der Waals surface area contributed by atoms with E-state index in [0.29, 0.717) is 0 Å². The van der Waals surface area contributed by atoms with Gasteiger partial charge in [-0.3, -0.25) is 0 Å². The zero-order valence-electron chi connectivity index (χ0n) is 9.59. The van der Waals surface area contributed by atoms with Gasteiger partial charge in [0.2, 0.25) is 0 Å². The van der Waals surface area contributed by atoms with Gasteiger partial charge >= 0.3 is 58.2 Å². The molecule has 3 nitrogen and oxygen atoms in total. The zero-order valence-corrected chi connectivity index (χ0v) is 14.5. The Morgan fingerprint density at radius 1 is 1.31 bits per heavy atom. The molecule has 2 aromatic rings.